The third-order valence-corrected chi connectivity index (χ3v) is 3.67. The number of aromatic nitrogens is 5. The van der Waals surface area contributed by atoms with Crippen molar-refractivity contribution < 1.29 is 4.52 Å². The van der Waals surface area contributed by atoms with Crippen LogP contribution in [0.1, 0.15) is 37.2 Å². The van der Waals surface area contributed by atoms with Gasteiger partial charge < -0.3 is 4.52 Å². The van der Waals surface area contributed by atoms with Gasteiger partial charge in [0.25, 0.3) is 0 Å². The predicted molar refractivity (Wildman–Crippen MR) is 75.3 cm³/mol. The van der Waals surface area contributed by atoms with Gasteiger partial charge >= 0.3 is 0 Å². The Morgan fingerprint density at radius 2 is 1.90 bits per heavy atom. The Bertz CT molecular complexity index is 543. The van der Waals surface area contributed by atoms with Crippen molar-refractivity contribution >= 4 is 0 Å². The molecule has 2 aromatic rings. The maximum Gasteiger partial charge on any atom is 0.240 e. The van der Waals surface area contributed by atoms with E-state index in [-0.39, 0.29) is 0 Å². The molecule has 0 atom stereocenters. The molecule has 0 unspecified atom stereocenters. The van der Waals surface area contributed by atoms with E-state index in [0.717, 1.165) is 50.8 Å². The van der Waals surface area contributed by atoms with Crippen molar-refractivity contribution in [3.8, 4) is 0 Å². The summed E-state index contributed by atoms with van der Waals surface area (Å²) in [6, 6.07) is 0. The summed E-state index contributed by atoms with van der Waals surface area (Å²) in [5.74, 6) is 1.81. The number of piperazine rings is 1. The third-order valence-electron chi connectivity index (χ3n) is 3.67. The van der Waals surface area contributed by atoms with Gasteiger partial charge in [0.2, 0.25) is 5.89 Å². The lowest BCUT2D eigenvalue weighted by Gasteiger charge is -2.33. The molecular weight excluding hydrogens is 270 g/mol. The summed E-state index contributed by atoms with van der Waals surface area (Å²) in [4.78, 5) is 9.15. The van der Waals surface area contributed by atoms with E-state index in [1.165, 1.54) is 0 Å². The van der Waals surface area contributed by atoms with E-state index >= 15 is 0 Å². The molecule has 1 aliphatic heterocycles. The lowest BCUT2D eigenvalue weighted by Crippen LogP contribution is -2.45. The number of hydrogen-bond acceptors (Lipinski definition) is 7. The third kappa shape index (κ3) is 3.64. The Morgan fingerprint density at radius 3 is 2.48 bits per heavy atom. The Balaban J connectivity index is 1.47. The SMILES string of the molecule is CC(C)c1noc(CN2CCN(Cc3cn[nH]n3)CC2)n1. The first-order valence-corrected chi connectivity index (χ1v) is 7.32. The van der Waals surface area contributed by atoms with Crippen molar-refractivity contribution in [3.63, 3.8) is 0 Å². The first-order valence-electron chi connectivity index (χ1n) is 7.32. The van der Waals surface area contributed by atoms with Crippen LogP contribution in [0, 0.1) is 0 Å². The number of nitrogens with zero attached hydrogens (tertiary/aromatic N) is 6. The van der Waals surface area contributed by atoms with E-state index < -0.39 is 0 Å². The fourth-order valence-electron chi connectivity index (χ4n) is 2.39. The van der Waals surface area contributed by atoms with Crippen LogP contribution >= 0.6 is 0 Å². The zero-order chi connectivity index (χ0) is 14.7. The summed E-state index contributed by atoms with van der Waals surface area (Å²) >= 11 is 0. The molecule has 2 aromatic heterocycles. The molecule has 0 aromatic carbocycles. The van der Waals surface area contributed by atoms with Crippen LogP contribution in [0.3, 0.4) is 0 Å². The fraction of sp³-hybridized carbons (Fsp3) is 0.692. The first kappa shape index (κ1) is 14.2. The van der Waals surface area contributed by atoms with Gasteiger partial charge in [-0.3, -0.25) is 9.80 Å². The van der Waals surface area contributed by atoms with Gasteiger partial charge in [-0.25, -0.2) is 0 Å². The average molecular weight is 291 g/mol. The van der Waals surface area contributed by atoms with Crippen LogP contribution in [0.4, 0.5) is 0 Å². The molecule has 0 spiro atoms. The monoisotopic (exact) mass is 291 g/mol. The zero-order valence-corrected chi connectivity index (χ0v) is 12.5. The van der Waals surface area contributed by atoms with Gasteiger partial charge in [-0.05, 0) is 0 Å². The number of hydrogen-bond donors (Lipinski definition) is 1. The molecule has 8 nitrogen and oxygen atoms in total. The number of aromatic amines is 1. The molecule has 0 amide bonds. The smallest absolute Gasteiger partial charge is 0.240 e. The highest BCUT2D eigenvalue weighted by molar-refractivity contribution is 4.93. The molecule has 1 fully saturated rings. The summed E-state index contributed by atoms with van der Waals surface area (Å²) < 4.78 is 5.30. The minimum absolute atomic E-state index is 0.307. The zero-order valence-electron chi connectivity index (χ0n) is 12.5. The van der Waals surface area contributed by atoms with E-state index in [2.05, 4.69) is 49.2 Å². The standard InChI is InChI=1S/C13H21N7O/c1-10(2)13-15-12(21-17-13)9-20-5-3-19(4-6-20)8-11-7-14-18-16-11/h7,10H,3-6,8-9H2,1-2H3,(H,14,16,18). The molecule has 3 rings (SSSR count). The molecule has 0 radical (unpaired) electrons. The van der Waals surface area contributed by atoms with Gasteiger partial charge in [-0.1, -0.05) is 19.0 Å². The molecule has 114 valence electrons. The number of rotatable bonds is 5. The second kappa shape index (κ2) is 6.31. The van der Waals surface area contributed by atoms with Crippen molar-refractivity contribution in [1.82, 2.24) is 35.4 Å². The summed E-state index contributed by atoms with van der Waals surface area (Å²) in [5, 5.41) is 14.6. The highest BCUT2D eigenvalue weighted by Crippen LogP contribution is 2.12. The molecule has 3 heterocycles. The van der Waals surface area contributed by atoms with E-state index in [4.69, 9.17) is 4.52 Å². The maximum atomic E-state index is 5.30. The Labute approximate surface area is 123 Å². The minimum Gasteiger partial charge on any atom is -0.338 e. The molecule has 1 N–H and O–H groups in total. The molecule has 1 aliphatic rings. The van der Waals surface area contributed by atoms with Gasteiger partial charge in [0.05, 0.1) is 18.4 Å². The molecule has 8 heteroatoms. The quantitative estimate of drug-likeness (QED) is 0.864. The van der Waals surface area contributed by atoms with E-state index in [1.54, 1.807) is 6.20 Å². The summed E-state index contributed by atoms with van der Waals surface area (Å²) in [7, 11) is 0. The van der Waals surface area contributed by atoms with Crippen molar-refractivity contribution in [2.75, 3.05) is 26.2 Å². The maximum absolute atomic E-state index is 5.30. The van der Waals surface area contributed by atoms with Crippen LogP contribution < -0.4 is 0 Å². The summed E-state index contributed by atoms with van der Waals surface area (Å²) in [5.41, 5.74) is 0.988. The second-order valence-corrected chi connectivity index (χ2v) is 5.71. The Morgan fingerprint density at radius 1 is 1.19 bits per heavy atom. The van der Waals surface area contributed by atoms with Crippen LogP contribution in [0.25, 0.3) is 0 Å². The van der Waals surface area contributed by atoms with E-state index in [9.17, 15) is 0 Å². The summed E-state index contributed by atoms with van der Waals surface area (Å²) in [6.45, 7) is 9.74. The van der Waals surface area contributed by atoms with Crippen molar-refractivity contribution in [2.45, 2.75) is 32.9 Å². The van der Waals surface area contributed by atoms with Crippen molar-refractivity contribution in [3.05, 3.63) is 23.6 Å². The van der Waals surface area contributed by atoms with E-state index in [1.807, 2.05) is 0 Å². The second-order valence-electron chi connectivity index (χ2n) is 5.71. The van der Waals surface area contributed by atoms with Crippen LogP contribution in [0.5, 0.6) is 0 Å². The van der Waals surface area contributed by atoms with E-state index in [0.29, 0.717) is 11.8 Å². The molecular formula is C13H21N7O. The van der Waals surface area contributed by atoms with Gasteiger partial charge in [-0.15, -0.1) is 0 Å². The first-order chi connectivity index (χ1) is 10.2. The number of nitrogens with one attached hydrogen (secondary N) is 1. The van der Waals surface area contributed by atoms with Crippen LogP contribution in [-0.2, 0) is 13.1 Å². The lowest BCUT2D eigenvalue weighted by atomic mass is 10.2. The molecule has 0 saturated carbocycles. The van der Waals surface area contributed by atoms with Gasteiger partial charge in [0, 0.05) is 38.6 Å². The molecule has 0 bridgehead atoms. The highest BCUT2D eigenvalue weighted by atomic mass is 16.5. The lowest BCUT2D eigenvalue weighted by molar-refractivity contribution is 0.111. The highest BCUT2D eigenvalue weighted by Gasteiger charge is 2.20. The van der Waals surface area contributed by atoms with Gasteiger partial charge in [0.1, 0.15) is 0 Å². The molecule has 1 saturated heterocycles. The van der Waals surface area contributed by atoms with Crippen LogP contribution in [-0.4, -0.2) is 61.5 Å². The largest absolute Gasteiger partial charge is 0.338 e. The summed E-state index contributed by atoms with van der Waals surface area (Å²) in [6.07, 6.45) is 1.78. The Hall–Kier alpha value is -1.80. The van der Waals surface area contributed by atoms with Gasteiger partial charge in [0.15, 0.2) is 5.82 Å². The number of H-pyrrole nitrogens is 1. The molecule has 0 aliphatic carbocycles. The minimum atomic E-state index is 0.307. The van der Waals surface area contributed by atoms with Crippen molar-refractivity contribution in [2.24, 2.45) is 0 Å². The van der Waals surface area contributed by atoms with Gasteiger partial charge in [-0.2, -0.15) is 20.4 Å². The normalized spacial score (nSPS) is 17.7. The Kier molecular flexibility index (Phi) is 4.26. The predicted octanol–water partition coefficient (Wildman–Crippen LogP) is 0.629. The topological polar surface area (TPSA) is 87.0 Å². The van der Waals surface area contributed by atoms with Crippen LogP contribution in [0.15, 0.2) is 10.7 Å². The molecule has 21 heavy (non-hydrogen) atoms. The van der Waals surface area contributed by atoms with Crippen molar-refractivity contribution in [1.29, 1.82) is 0 Å². The van der Waals surface area contributed by atoms with Crippen LogP contribution in [0.2, 0.25) is 0 Å². The fourth-order valence-corrected chi connectivity index (χ4v) is 2.39. The average Bonchev–Trinajstić information content (AvgIpc) is 3.12.